The molecule has 1 aromatic heterocycles. The van der Waals surface area contributed by atoms with Crippen LogP contribution < -0.4 is 4.74 Å². The third kappa shape index (κ3) is 3.58. The van der Waals surface area contributed by atoms with E-state index >= 15 is 0 Å². The second kappa shape index (κ2) is 6.79. The van der Waals surface area contributed by atoms with E-state index in [1.807, 2.05) is 30.3 Å². The number of methoxy groups -OCH3 is 1. The van der Waals surface area contributed by atoms with Gasteiger partial charge >= 0.3 is 5.97 Å². The number of nitrogens with zero attached hydrogens (tertiary/aromatic N) is 1. The van der Waals surface area contributed by atoms with Crippen molar-refractivity contribution < 1.29 is 18.7 Å². The first-order chi connectivity index (χ1) is 11.3. The Morgan fingerprint density at radius 2 is 1.83 bits per heavy atom. The lowest BCUT2D eigenvalue weighted by atomic mass is 10.2. The number of hydrogen-bond acceptors (Lipinski definition) is 5. The van der Waals surface area contributed by atoms with Crippen LogP contribution in [-0.2, 0) is 11.3 Å². The van der Waals surface area contributed by atoms with Crippen molar-refractivity contribution in [2.24, 2.45) is 0 Å². The van der Waals surface area contributed by atoms with E-state index in [1.165, 1.54) is 6.26 Å². The second-order valence-electron chi connectivity index (χ2n) is 4.81. The fourth-order valence-electron chi connectivity index (χ4n) is 2.04. The normalized spacial score (nSPS) is 10.3. The average Bonchev–Trinajstić information content (AvgIpc) is 3.09. The number of benzene rings is 2. The van der Waals surface area contributed by atoms with Crippen LogP contribution in [0.5, 0.6) is 5.75 Å². The van der Waals surface area contributed by atoms with E-state index < -0.39 is 5.97 Å². The summed E-state index contributed by atoms with van der Waals surface area (Å²) in [5.41, 5.74) is 1.89. The summed E-state index contributed by atoms with van der Waals surface area (Å²) >= 11 is 0. The first-order valence-electron chi connectivity index (χ1n) is 7.07. The quantitative estimate of drug-likeness (QED) is 0.672. The molecule has 0 amide bonds. The molecular weight excluding hydrogens is 294 g/mol. The first kappa shape index (κ1) is 14.8. The molecule has 2 aromatic carbocycles. The minimum Gasteiger partial charge on any atom is -0.497 e. The van der Waals surface area contributed by atoms with Crippen LogP contribution in [0.4, 0.5) is 0 Å². The van der Waals surface area contributed by atoms with Gasteiger partial charge in [-0.3, -0.25) is 0 Å². The van der Waals surface area contributed by atoms with Crippen LogP contribution in [0, 0.1) is 0 Å². The number of ether oxygens (including phenoxy) is 2. The van der Waals surface area contributed by atoms with Gasteiger partial charge < -0.3 is 13.9 Å². The number of esters is 1. The number of carbonyl (C=O) groups is 1. The highest BCUT2D eigenvalue weighted by atomic mass is 16.5. The van der Waals surface area contributed by atoms with Crippen molar-refractivity contribution in [3.05, 3.63) is 72.1 Å². The topological polar surface area (TPSA) is 61.6 Å². The predicted octanol–water partition coefficient (Wildman–Crippen LogP) is 3.71. The molecule has 0 aliphatic carbocycles. The van der Waals surface area contributed by atoms with Crippen LogP contribution in [0.15, 0.2) is 65.3 Å². The molecule has 116 valence electrons. The van der Waals surface area contributed by atoms with Gasteiger partial charge in [-0.05, 0) is 36.4 Å². The van der Waals surface area contributed by atoms with Crippen molar-refractivity contribution in [1.82, 2.24) is 4.98 Å². The van der Waals surface area contributed by atoms with Crippen LogP contribution in [0.25, 0.3) is 11.5 Å². The van der Waals surface area contributed by atoms with Gasteiger partial charge in [0.05, 0.1) is 12.7 Å². The van der Waals surface area contributed by atoms with E-state index in [1.54, 1.807) is 31.4 Å². The summed E-state index contributed by atoms with van der Waals surface area (Å²) in [5.74, 6) is 0.767. The molecular formula is C18H15NO4. The van der Waals surface area contributed by atoms with Crippen LogP contribution >= 0.6 is 0 Å². The van der Waals surface area contributed by atoms with Gasteiger partial charge in [0.1, 0.15) is 24.3 Å². The highest BCUT2D eigenvalue weighted by molar-refractivity contribution is 5.89. The maximum Gasteiger partial charge on any atom is 0.338 e. The Hall–Kier alpha value is -3.08. The van der Waals surface area contributed by atoms with E-state index in [2.05, 4.69) is 4.98 Å². The zero-order valence-electron chi connectivity index (χ0n) is 12.6. The van der Waals surface area contributed by atoms with Gasteiger partial charge in [0.15, 0.2) is 0 Å². The zero-order chi connectivity index (χ0) is 16.1. The van der Waals surface area contributed by atoms with Crippen LogP contribution in [0.1, 0.15) is 16.1 Å². The highest BCUT2D eigenvalue weighted by Gasteiger charge is 2.11. The van der Waals surface area contributed by atoms with E-state index in [0.717, 1.165) is 5.56 Å². The standard InChI is InChI=1S/C18H15NO4/c1-21-16-9-7-14(8-10-16)18(20)23-12-15-11-22-17(19-15)13-5-3-2-4-6-13/h2-11H,12H2,1H3. The predicted molar refractivity (Wildman–Crippen MR) is 84.1 cm³/mol. The Morgan fingerprint density at radius 3 is 2.52 bits per heavy atom. The molecule has 1 heterocycles. The van der Waals surface area contributed by atoms with Gasteiger partial charge in [-0.2, -0.15) is 0 Å². The fraction of sp³-hybridized carbons (Fsp3) is 0.111. The van der Waals surface area contributed by atoms with Crippen molar-refractivity contribution in [2.45, 2.75) is 6.61 Å². The van der Waals surface area contributed by atoms with E-state index in [-0.39, 0.29) is 6.61 Å². The van der Waals surface area contributed by atoms with Crippen molar-refractivity contribution >= 4 is 5.97 Å². The molecule has 0 saturated carbocycles. The summed E-state index contributed by atoms with van der Waals surface area (Å²) in [7, 11) is 1.57. The van der Waals surface area contributed by atoms with Crippen molar-refractivity contribution in [2.75, 3.05) is 7.11 Å². The number of carbonyl (C=O) groups excluding carboxylic acids is 1. The molecule has 3 aromatic rings. The average molecular weight is 309 g/mol. The molecule has 23 heavy (non-hydrogen) atoms. The summed E-state index contributed by atoms with van der Waals surface area (Å²) in [6.45, 7) is 0.0567. The number of aromatic nitrogens is 1. The maximum absolute atomic E-state index is 12.0. The Bertz CT molecular complexity index is 778. The van der Waals surface area contributed by atoms with Crippen LogP contribution in [0.2, 0.25) is 0 Å². The molecule has 0 aliphatic heterocycles. The summed E-state index contributed by atoms with van der Waals surface area (Å²) < 4.78 is 15.7. The molecule has 0 unspecified atom stereocenters. The second-order valence-corrected chi connectivity index (χ2v) is 4.81. The summed E-state index contributed by atoms with van der Waals surface area (Å²) in [5, 5.41) is 0. The van der Waals surface area contributed by atoms with E-state index in [9.17, 15) is 4.79 Å². The van der Waals surface area contributed by atoms with Crippen LogP contribution in [-0.4, -0.2) is 18.1 Å². The molecule has 0 saturated heterocycles. The minimum absolute atomic E-state index is 0.0567. The Balaban J connectivity index is 1.62. The maximum atomic E-state index is 12.0. The number of rotatable bonds is 5. The largest absolute Gasteiger partial charge is 0.497 e. The molecule has 0 aliphatic rings. The van der Waals surface area contributed by atoms with E-state index in [4.69, 9.17) is 13.9 Å². The molecule has 3 rings (SSSR count). The Labute approximate surface area is 133 Å². The fourth-order valence-corrected chi connectivity index (χ4v) is 2.04. The summed E-state index contributed by atoms with van der Waals surface area (Å²) in [6.07, 6.45) is 1.49. The molecule has 0 N–H and O–H groups in total. The Kier molecular flexibility index (Phi) is 4.38. The van der Waals surface area contributed by atoms with Gasteiger partial charge in [0, 0.05) is 5.56 Å². The lowest BCUT2D eigenvalue weighted by Crippen LogP contribution is -2.05. The van der Waals surface area contributed by atoms with Crippen molar-refractivity contribution in [1.29, 1.82) is 0 Å². The summed E-state index contributed by atoms with van der Waals surface area (Å²) in [6, 6.07) is 16.3. The zero-order valence-corrected chi connectivity index (χ0v) is 12.6. The minimum atomic E-state index is -0.420. The third-order valence-corrected chi connectivity index (χ3v) is 3.25. The van der Waals surface area contributed by atoms with Gasteiger partial charge in [0.2, 0.25) is 5.89 Å². The van der Waals surface area contributed by atoms with Gasteiger partial charge in [-0.25, -0.2) is 9.78 Å². The molecule has 0 bridgehead atoms. The molecule has 0 radical (unpaired) electrons. The molecule has 5 nitrogen and oxygen atoms in total. The molecule has 0 atom stereocenters. The number of hydrogen-bond donors (Lipinski definition) is 0. The smallest absolute Gasteiger partial charge is 0.338 e. The van der Waals surface area contributed by atoms with Gasteiger partial charge in [0.25, 0.3) is 0 Å². The van der Waals surface area contributed by atoms with E-state index in [0.29, 0.717) is 22.9 Å². The third-order valence-electron chi connectivity index (χ3n) is 3.25. The summed E-state index contributed by atoms with van der Waals surface area (Å²) in [4.78, 5) is 16.3. The van der Waals surface area contributed by atoms with Crippen molar-refractivity contribution in [3.8, 4) is 17.2 Å². The van der Waals surface area contributed by atoms with Gasteiger partial charge in [-0.15, -0.1) is 0 Å². The molecule has 5 heteroatoms. The lowest BCUT2D eigenvalue weighted by molar-refractivity contribution is 0.0467. The number of oxazole rings is 1. The van der Waals surface area contributed by atoms with Crippen molar-refractivity contribution in [3.63, 3.8) is 0 Å². The van der Waals surface area contributed by atoms with Gasteiger partial charge in [-0.1, -0.05) is 18.2 Å². The first-order valence-corrected chi connectivity index (χ1v) is 7.07. The highest BCUT2D eigenvalue weighted by Crippen LogP contribution is 2.18. The monoisotopic (exact) mass is 309 g/mol. The lowest BCUT2D eigenvalue weighted by Gasteiger charge is -2.03. The molecule has 0 spiro atoms. The van der Waals surface area contributed by atoms with Crippen LogP contribution in [0.3, 0.4) is 0 Å². The SMILES string of the molecule is COc1ccc(C(=O)OCc2coc(-c3ccccc3)n2)cc1. The molecule has 0 fully saturated rings. The Morgan fingerprint density at radius 1 is 1.09 bits per heavy atom.